The van der Waals surface area contributed by atoms with Gasteiger partial charge in [0, 0.05) is 14.1 Å². The normalized spacial score (nSPS) is 11.1. The van der Waals surface area contributed by atoms with Gasteiger partial charge in [-0.25, -0.2) is 0 Å². The maximum absolute atomic E-state index is 12.0. The van der Waals surface area contributed by atoms with Gasteiger partial charge in [0.25, 0.3) is 5.91 Å². The quantitative estimate of drug-likeness (QED) is 0.410. The van der Waals surface area contributed by atoms with Gasteiger partial charge >= 0.3 is 0 Å². The zero-order chi connectivity index (χ0) is 20.1. The van der Waals surface area contributed by atoms with Gasteiger partial charge in [-0.2, -0.15) is 5.26 Å². The van der Waals surface area contributed by atoms with Crippen LogP contribution in [0.15, 0.2) is 70.7 Å². The van der Waals surface area contributed by atoms with Crippen molar-refractivity contribution in [1.29, 1.82) is 5.26 Å². The zero-order valence-electron chi connectivity index (χ0n) is 15.6. The summed E-state index contributed by atoms with van der Waals surface area (Å²) >= 11 is 3.52. The van der Waals surface area contributed by atoms with Gasteiger partial charge in [-0.3, -0.25) is 4.79 Å². The summed E-state index contributed by atoms with van der Waals surface area (Å²) in [5.74, 6) is 0.373. The van der Waals surface area contributed by atoms with Crippen LogP contribution in [0.5, 0.6) is 5.75 Å². The molecule has 0 unspecified atom stereocenters. The average Bonchev–Trinajstić information content (AvgIpc) is 2.70. The van der Waals surface area contributed by atoms with E-state index in [1.54, 1.807) is 20.2 Å². The second-order valence-corrected chi connectivity index (χ2v) is 7.34. The van der Waals surface area contributed by atoms with Gasteiger partial charge in [0.2, 0.25) is 0 Å². The molecule has 0 aliphatic rings. The van der Waals surface area contributed by atoms with Crippen molar-refractivity contribution in [2.75, 3.05) is 14.1 Å². The number of rotatable bonds is 5. The molecule has 0 saturated carbocycles. The molecule has 0 N–H and O–H groups in total. The van der Waals surface area contributed by atoms with E-state index in [9.17, 15) is 10.1 Å². The largest absolute Gasteiger partial charge is 0.488 e. The number of amides is 1. The molecule has 3 aromatic rings. The van der Waals surface area contributed by atoms with Crippen LogP contribution in [0, 0.1) is 11.3 Å². The topological polar surface area (TPSA) is 53.3 Å². The Bertz CT molecular complexity index is 1090. The lowest BCUT2D eigenvalue weighted by molar-refractivity contribution is -0.124. The van der Waals surface area contributed by atoms with Gasteiger partial charge in [-0.15, -0.1) is 0 Å². The van der Waals surface area contributed by atoms with Crippen molar-refractivity contribution in [1.82, 2.24) is 4.90 Å². The highest BCUT2D eigenvalue weighted by atomic mass is 79.9. The predicted octanol–water partition coefficient (Wildman–Crippen LogP) is 5.18. The minimum atomic E-state index is -0.324. The Morgan fingerprint density at radius 2 is 1.89 bits per heavy atom. The Morgan fingerprint density at radius 1 is 1.14 bits per heavy atom. The average molecular weight is 435 g/mol. The van der Waals surface area contributed by atoms with E-state index in [2.05, 4.69) is 40.2 Å². The molecule has 0 heterocycles. The molecule has 0 spiro atoms. The standard InChI is InChI=1S/C23H19BrN2O2/c1-26(2)23(27)19(14-25)12-16-10-11-22(21(24)13-16)28-15-18-8-5-7-17-6-3-4-9-20(17)18/h3-13H,15H2,1-2H3/b19-12-. The fourth-order valence-corrected chi connectivity index (χ4v) is 3.36. The van der Waals surface area contributed by atoms with Gasteiger partial charge in [-0.1, -0.05) is 48.5 Å². The van der Waals surface area contributed by atoms with Gasteiger partial charge in [0.05, 0.1) is 4.47 Å². The first-order valence-corrected chi connectivity index (χ1v) is 9.51. The fourth-order valence-electron chi connectivity index (χ4n) is 2.85. The number of benzene rings is 3. The van der Waals surface area contributed by atoms with Crippen LogP contribution in [-0.4, -0.2) is 24.9 Å². The number of likely N-dealkylation sites (N-methyl/N-ethyl adjacent to an activating group) is 1. The number of nitrogens with zero attached hydrogens (tertiary/aromatic N) is 2. The summed E-state index contributed by atoms with van der Waals surface area (Å²) in [5.41, 5.74) is 1.94. The van der Waals surface area contributed by atoms with Crippen molar-refractivity contribution >= 4 is 38.7 Å². The monoisotopic (exact) mass is 434 g/mol. The molecule has 0 aromatic heterocycles. The van der Waals surface area contributed by atoms with E-state index < -0.39 is 0 Å². The van der Waals surface area contributed by atoms with Crippen molar-refractivity contribution in [2.24, 2.45) is 0 Å². The molecule has 0 radical (unpaired) electrons. The van der Waals surface area contributed by atoms with E-state index in [1.165, 1.54) is 15.7 Å². The van der Waals surface area contributed by atoms with Crippen LogP contribution in [-0.2, 0) is 11.4 Å². The lowest BCUT2D eigenvalue weighted by Crippen LogP contribution is -2.22. The van der Waals surface area contributed by atoms with Crippen molar-refractivity contribution in [3.05, 3.63) is 81.8 Å². The number of nitriles is 1. The molecule has 4 nitrogen and oxygen atoms in total. The first-order valence-electron chi connectivity index (χ1n) is 8.72. The molecule has 140 valence electrons. The Balaban J connectivity index is 1.79. The van der Waals surface area contributed by atoms with Gasteiger partial charge in [0.15, 0.2) is 0 Å². The highest BCUT2D eigenvalue weighted by Gasteiger charge is 2.12. The number of carbonyl (C=O) groups excluding carboxylic acids is 1. The van der Waals surface area contributed by atoms with Crippen molar-refractivity contribution in [2.45, 2.75) is 6.61 Å². The highest BCUT2D eigenvalue weighted by Crippen LogP contribution is 2.29. The number of halogens is 1. The van der Waals surface area contributed by atoms with Crippen molar-refractivity contribution < 1.29 is 9.53 Å². The highest BCUT2D eigenvalue weighted by molar-refractivity contribution is 9.10. The minimum absolute atomic E-state index is 0.0846. The van der Waals surface area contributed by atoms with E-state index in [1.807, 2.05) is 42.5 Å². The molecule has 0 aliphatic carbocycles. The van der Waals surface area contributed by atoms with E-state index >= 15 is 0 Å². The van der Waals surface area contributed by atoms with Gasteiger partial charge in [0.1, 0.15) is 24.0 Å². The predicted molar refractivity (Wildman–Crippen MR) is 115 cm³/mol. The second-order valence-electron chi connectivity index (χ2n) is 6.49. The number of carbonyl (C=O) groups is 1. The molecule has 28 heavy (non-hydrogen) atoms. The summed E-state index contributed by atoms with van der Waals surface area (Å²) in [7, 11) is 3.24. The SMILES string of the molecule is CN(C)C(=O)/C(C#N)=C\c1ccc(OCc2cccc3ccccc23)c(Br)c1. The third kappa shape index (κ3) is 4.41. The molecule has 1 amide bonds. The summed E-state index contributed by atoms with van der Waals surface area (Å²) in [6.07, 6.45) is 1.57. The van der Waals surface area contributed by atoms with Crippen molar-refractivity contribution in [3.63, 3.8) is 0 Å². The Kier molecular flexibility index (Phi) is 6.13. The molecular formula is C23H19BrN2O2. The minimum Gasteiger partial charge on any atom is -0.488 e. The first-order chi connectivity index (χ1) is 13.5. The zero-order valence-corrected chi connectivity index (χ0v) is 17.2. The summed E-state index contributed by atoms with van der Waals surface area (Å²) in [5, 5.41) is 11.6. The van der Waals surface area contributed by atoms with Crippen LogP contribution in [0.25, 0.3) is 16.8 Å². The maximum Gasteiger partial charge on any atom is 0.264 e. The summed E-state index contributed by atoms with van der Waals surface area (Å²) < 4.78 is 6.76. The third-order valence-corrected chi connectivity index (χ3v) is 4.91. The van der Waals surface area contributed by atoms with Gasteiger partial charge < -0.3 is 9.64 Å². The second kappa shape index (κ2) is 8.73. The third-order valence-electron chi connectivity index (χ3n) is 4.29. The summed E-state index contributed by atoms with van der Waals surface area (Å²) in [6, 6.07) is 21.8. The molecule has 0 bridgehead atoms. The Labute approximate surface area is 172 Å². The van der Waals surface area contributed by atoms with Crippen LogP contribution in [0.2, 0.25) is 0 Å². The Hall–Kier alpha value is -3.10. The molecular weight excluding hydrogens is 416 g/mol. The maximum atomic E-state index is 12.0. The molecule has 3 aromatic carbocycles. The number of ether oxygens (including phenoxy) is 1. The van der Waals surface area contributed by atoms with E-state index in [0.717, 1.165) is 15.6 Å². The van der Waals surface area contributed by atoms with E-state index in [0.29, 0.717) is 12.4 Å². The van der Waals surface area contributed by atoms with Crippen LogP contribution in [0.4, 0.5) is 0 Å². The summed E-state index contributed by atoms with van der Waals surface area (Å²) in [6.45, 7) is 0.442. The molecule has 0 atom stereocenters. The Morgan fingerprint density at radius 3 is 2.61 bits per heavy atom. The smallest absolute Gasteiger partial charge is 0.264 e. The molecule has 0 saturated heterocycles. The fraction of sp³-hybridized carbons (Fsp3) is 0.130. The van der Waals surface area contributed by atoms with Crippen LogP contribution in [0.3, 0.4) is 0 Å². The van der Waals surface area contributed by atoms with Gasteiger partial charge in [-0.05, 0) is 56.0 Å². The number of hydrogen-bond donors (Lipinski definition) is 0. The number of fused-ring (bicyclic) bond motifs is 1. The lowest BCUT2D eigenvalue weighted by atomic mass is 10.1. The van der Waals surface area contributed by atoms with Crippen LogP contribution >= 0.6 is 15.9 Å². The summed E-state index contributed by atoms with van der Waals surface area (Å²) in [4.78, 5) is 13.4. The molecule has 0 aliphatic heterocycles. The van der Waals surface area contributed by atoms with Crippen molar-refractivity contribution in [3.8, 4) is 11.8 Å². The molecule has 3 rings (SSSR count). The molecule has 5 heteroatoms. The first kappa shape index (κ1) is 19.7. The molecule has 0 fully saturated rings. The van der Waals surface area contributed by atoms with E-state index in [-0.39, 0.29) is 11.5 Å². The van der Waals surface area contributed by atoms with Crippen LogP contribution < -0.4 is 4.74 Å². The number of hydrogen-bond acceptors (Lipinski definition) is 3. The lowest BCUT2D eigenvalue weighted by Gasteiger charge is -2.11. The van der Waals surface area contributed by atoms with E-state index in [4.69, 9.17) is 4.74 Å². The van der Waals surface area contributed by atoms with Crippen LogP contribution in [0.1, 0.15) is 11.1 Å².